The fraction of sp³-hybridized carbons (Fsp3) is 0.0667. The van der Waals surface area contributed by atoms with Crippen molar-refractivity contribution < 1.29 is 18.9 Å². The summed E-state index contributed by atoms with van der Waals surface area (Å²) >= 11 is 7.51. The molecule has 25 heavy (non-hydrogen) atoms. The highest BCUT2D eigenvalue weighted by atomic mass is 35.5. The number of thioether (sulfide) groups is 1. The Labute approximate surface area is 154 Å². The first-order valence-electron chi connectivity index (χ1n) is 6.79. The monoisotopic (exact) mass is 398 g/mol. The van der Waals surface area contributed by atoms with Crippen LogP contribution in [-0.4, -0.2) is 21.0 Å². The molecule has 0 unspecified atom stereocenters. The molecule has 1 fully saturated rings. The molecule has 0 aliphatic carbocycles. The number of rotatable bonds is 4. The van der Waals surface area contributed by atoms with Crippen molar-refractivity contribution in [2.45, 2.75) is 6.54 Å². The summed E-state index contributed by atoms with van der Waals surface area (Å²) in [4.78, 5) is 36.1. The Morgan fingerprint density at radius 3 is 2.68 bits per heavy atom. The van der Waals surface area contributed by atoms with Gasteiger partial charge in [-0.25, -0.2) is 4.39 Å². The molecule has 1 aromatic heterocycles. The summed E-state index contributed by atoms with van der Waals surface area (Å²) in [5, 5.41) is 10.2. The Bertz CT molecular complexity index is 908. The first-order valence-corrected chi connectivity index (χ1v) is 8.80. The molecule has 1 aromatic carbocycles. The van der Waals surface area contributed by atoms with Gasteiger partial charge in [0, 0.05) is 21.5 Å². The van der Waals surface area contributed by atoms with E-state index in [2.05, 4.69) is 0 Å². The average molecular weight is 399 g/mol. The standard InChI is InChI=1S/C15H8ClFN2O4S2/c16-10-2-1-3-11(17)9(10)7-18-14(20)12(25-15(18)21)6-8-4-5-13(24-8)19(22)23/h1-6H,7H2/b12-6-. The molecule has 1 saturated heterocycles. The minimum absolute atomic E-state index is 0.0551. The molecule has 2 heterocycles. The molecule has 2 aromatic rings. The second-order valence-corrected chi connectivity index (χ2v) is 7.40. The minimum atomic E-state index is -0.607. The first-order chi connectivity index (χ1) is 11.9. The zero-order chi connectivity index (χ0) is 18.1. The van der Waals surface area contributed by atoms with Gasteiger partial charge in [-0.3, -0.25) is 24.6 Å². The molecule has 1 aliphatic heterocycles. The zero-order valence-electron chi connectivity index (χ0n) is 12.3. The summed E-state index contributed by atoms with van der Waals surface area (Å²) in [7, 11) is 0. The third-order valence-corrected chi connectivity index (χ3v) is 5.56. The van der Waals surface area contributed by atoms with Gasteiger partial charge in [0.05, 0.1) is 16.4 Å². The highest BCUT2D eigenvalue weighted by molar-refractivity contribution is 8.18. The number of hydrogen-bond acceptors (Lipinski definition) is 6. The number of halogens is 2. The maximum Gasteiger partial charge on any atom is 0.324 e. The third-order valence-electron chi connectivity index (χ3n) is 3.32. The van der Waals surface area contributed by atoms with Crippen molar-refractivity contribution in [2.24, 2.45) is 0 Å². The Hall–Kier alpha value is -2.23. The third kappa shape index (κ3) is 3.58. The number of nitro groups is 1. The van der Waals surface area contributed by atoms with E-state index in [1.165, 1.54) is 36.4 Å². The van der Waals surface area contributed by atoms with Gasteiger partial charge in [-0.1, -0.05) is 29.0 Å². The number of hydrogen-bond donors (Lipinski definition) is 0. The van der Waals surface area contributed by atoms with Crippen LogP contribution in [0.25, 0.3) is 6.08 Å². The Kier molecular flexibility index (Phi) is 4.89. The average Bonchev–Trinajstić information content (AvgIpc) is 3.11. The molecule has 1 aliphatic rings. The number of imide groups is 1. The topological polar surface area (TPSA) is 80.5 Å². The lowest BCUT2D eigenvalue weighted by atomic mass is 10.2. The number of carbonyl (C=O) groups is 2. The van der Waals surface area contributed by atoms with Crippen LogP contribution >= 0.6 is 34.7 Å². The van der Waals surface area contributed by atoms with Crippen molar-refractivity contribution in [1.82, 2.24) is 4.90 Å². The molecule has 128 valence electrons. The van der Waals surface area contributed by atoms with E-state index in [0.717, 1.165) is 16.2 Å². The lowest BCUT2D eigenvalue weighted by Crippen LogP contribution is -2.28. The van der Waals surface area contributed by atoms with Crippen LogP contribution in [-0.2, 0) is 11.3 Å². The Morgan fingerprint density at radius 1 is 1.28 bits per heavy atom. The number of benzene rings is 1. The molecular weight excluding hydrogens is 391 g/mol. The Morgan fingerprint density at radius 2 is 2.04 bits per heavy atom. The normalized spacial score (nSPS) is 16.1. The predicted molar refractivity (Wildman–Crippen MR) is 93.9 cm³/mol. The summed E-state index contributed by atoms with van der Waals surface area (Å²) < 4.78 is 13.9. The summed E-state index contributed by atoms with van der Waals surface area (Å²) in [6.45, 7) is -0.280. The van der Waals surface area contributed by atoms with E-state index in [1.54, 1.807) is 0 Å². The minimum Gasteiger partial charge on any atom is -0.268 e. The second kappa shape index (κ2) is 6.95. The largest absolute Gasteiger partial charge is 0.324 e. The van der Waals surface area contributed by atoms with E-state index in [9.17, 15) is 24.1 Å². The molecular formula is C15H8ClFN2O4S2. The molecule has 0 spiro atoms. The quantitative estimate of drug-likeness (QED) is 0.424. The summed E-state index contributed by atoms with van der Waals surface area (Å²) in [6, 6.07) is 6.91. The second-order valence-electron chi connectivity index (χ2n) is 4.90. The van der Waals surface area contributed by atoms with Gasteiger partial charge in [0.2, 0.25) is 0 Å². The van der Waals surface area contributed by atoms with Crippen LogP contribution in [0.3, 0.4) is 0 Å². The van der Waals surface area contributed by atoms with E-state index in [4.69, 9.17) is 11.6 Å². The number of thiophene rings is 1. The zero-order valence-corrected chi connectivity index (χ0v) is 14.7. The van der Waals surface area contributed by atoms with Crippen LogP contribution in [0.4, 0.5) is 14.2 Å². The predicted octanol–water partition coefficient (Wildman–Crippen LogP) is 4.69. The van der Waals surface area contributed by atoms with Gasteiger partial charge in [-0.15, -0.1) is 0 Å². The molecule has 0 atom stereocenters. The van der Waals surface area contributed by atoms with Crippen molar-refractivity contribution in [3.8, 4) is 0 Å². The van der Waals surface area contributed by atoms with Gasteiger partial charge in [0.15, 0.2) is 0 Å². The highest BCUT2D eigenvalue weighted by Crippen LogP contribution is 2.36. The molecule has 6 nitrogen and oxygen atoms in total. The van der Waals surface area contributed by atoms with Gasteiger partial charge in [-0.05, 0) is 36.0 Å². The Balaban J connectivity index is 1.84. The van der Waals surface area contributed by atoms with E-state index in [0.29, 0.717) is 16.6 Å². The molecule has 0 saturated carbocycles. The van der Waals surface area contributed by atoms with Crippen molar-refractivity contribution in [3.05, 3.63) is 66.6 Å². The maximum atomic E-state index is 13.9. The van der Waals surface area contributed by atoms with Gasteiger partial charge in [0.25, 0.3) is 11.1 Å². The molecule has 2 amide bonds. The number of amides is 2. The van der Waals surface area contributed by atoms with Crippen molar-refractivity contribution in [3.63, 3.8) is 0 Å². The SMILES string of the molecule is O=C1S/C(=C\c2ccc([N+](=O)[O-])s2)C(=O)N1Cc1c(F)cccc1Cl. The van der Waals surface area contributed by atoms with Crippen LogP contribution in [0.1, 0.15) is 10.4 Å². The van der Waals surface area contributed by atoms with Gasteiger partial charge < -0.3 is 0 Å². The highest BCUT2D eigenvalue weighted by Gasteiger charge is 2.36. The van der Waals surface area contributed by atoms with Crippen LogP contribution in [0.5, 0.6) is 0 Å². The van der Waals surface area contributed by atoms with Crippen molar-refractivity contribution >= 4 is 56.9 Å². The maximum absolute atomic E-state index is 13.9. The van der Waals surface area contributed by atoms with E-state index < -0.39 is 21.9 Å². The van der Waals surface area contributed by atoms with Crippen LogP contribution < -0.4 is 0 Å². The molecule has 3 rings (SSSR count). The smallest absolute Gasteiger partial charge is 0.268 e. The summed E-state index contributed by atoms with van der Waals surface area (Å²) in [5.41, 5.74) is 0.0551. The lowest BCUT2D eigenvalue weighted by Gasteiger charge is -2.14. The van der Waals surface area contributed by atoms with Gasteiger partial charge in [0.1, 0.15) is 5.82 Å². The van der Waals surface area contributed by atoms with Crippen molar-refractivity contribution in [1.29, 1.82) is 0 Å². The van der Waals surface area contributed by atoms with Crippen LogP contribution in [0, 0.1) is 15.9 Å². The molecule has 10 heteroatoms. The first kappa shape index (κ1) is 17.6. The molecule has 0 radical (unpaired) electrons. The molecule has 0 N–H and O–H groups in total. The van der Waals surface area contributed by atoms with Crippen LogP contribution in [0.15, 0.2) is 35.2 Å². The molecule has 0 bridgehead atoms. The fourth-order valence-corrected chi connectivity index (χ4v) is 4.02. The van der Waals surface area contributed by atoms with Gasteiger partial charge >= 0.3 is 5.00 Å². The van der Waals surface area contributed by atoms with Crippen molar-refractivity contribution in [2.75, 3.05) is 0 Å². The van der Waals surface area contributed by atoms with Crippen LogP contribution in [0.2, 0.25) is 5.02 Å². The number of carbonyl (C=O) groups excluding carboxylic acids is 2. The van der Waals surface area contributed by atoms with E-state index in [1.807, 2.05) is 0 Å². The number of nitrogens with zero attached hydrogens (tertiary/aromatic N) is 2. The van der Waals surface area contributed by atoms with E-state index in [-0.39, 0.29) is 27.0 Å². The fourth-order valence-electron chi connectivity index (χ4n) is 2.12. The summed E-state index contributed by atoms with van der Waals surface area (Å²) in [6.07, 6.45) is 1.41. The van der Waals surface area contributed by atoms with Gasteiger partial charge in [-0.2, -0.15) is 0 Å². The summed E-state index contributed by atoms with van der Waals surface area (Å²) in [5.74, 6) is -1.20. The lowest BCUT2D eigenvalue weighted by molar-refractivity contribution is -0.380. The van der Waals surface area contributed by atoms with E-state index >= 15 is 0 Å².